The number of likely N-dealkylation sites (N-methyl/N-ethyl adjacent to an activating group) is 1. The molecule has 4 nitrogen and oxygen atoms in total. The molecule has 0 amide bonds. The van der Waals surface area contributed by atoms with E-state index in [-0.39, 0.29) is 0 Å². The first-order chi connectivity index (χ1) is 16.2. The molecule has 0 aromatic rings. The van der Waals surface area contributed by atoms with Crippen molar-refractivity contribution in [3.05, 3.63) is 0 Å². The van der Waals surface area contributed by atoms with Crippen molar-refractivity contribution in [2.75, 3.05) is 47.0 Å². The molecule has 0 aromatic heterocycles. The first kappa shape index (κ1) is 38.4. The molecule has 0 aromatic carbocycles. The van der Waals surface area contributed by atoms with E-state index in [0.717, 1.165) is 44.4 Å². The van der Waals surface area contributed by atoms with Gasteiger partial charge in [-0.2, -0.15) is 0 Å². The van der Waals surface area contributed by atoms with E-state index in [1.165, 1.54) is 45.1 Å². The summed E-state index contributed by atoms with van der Waals surface area (Å²) in [6.45, 7) is 31.0. The quantitative estimate of drug-likeness (QED) is 0.376. The molecule has 3 fully saturated rings. The summed E-state index contributed by atoms with van der Waals surface area (Å²) in [6.07, 6.45) is 8.33. The Hall–Kier alpha value is -0.160. The van der Waals surface area contributed by atoms with Gasteiger partial charge < -0.3 is 14.4 Å². The Morgan fingerprint density at radius 1 is 1.03 bits per heavy atom. The fourth-order valence-corrected chi connectivity index (χ4v) is 4.17. The van der Waals surface area contributed by atoms with Crippen LogP contribution < -0.4 is 0 Å². The van der Waals surface area contributed by atoms with Crippen molar-refractivity contribution in [1.29, 1.82) is 0 Å². The summed E-state index contributed by atoms with van der Waals surface area (Å²) in [5, 5.41) is 0. The fraction of sp³-hybridized carbons (Fsp3) is 1.00. The third-order valence-corrected chi connectivity index (χ3v) is 6.58. The number of rotatable bonds is 6. The largest absolute Gasteiger partial charge is 0.381 e. The van der Waals surface area contributed by atoms with Crippen LogP contribution in [0.5, 0.6) is 0 Å². The van der Waals surface area contributed by atoms with Crippen LogP contribution in [0.4, 0.5) is 0 Å². The number of hydrogen-bond donors (Lipinski definition) is 0. The number of ether oxygens (including phenoxy) is 2. The predicted octanol–water partition coefficient (Wildman–Crippen LogP) is 8.14. The average molecular weight is 489 g/mol. The van der Waals surface area contributed by atoms with Crippen LogP contribution in [0.25, 0.3) is 0 Å². The van der Waals surface area contributed by atoms with Gasteiger partial charge in [-0.25, -0.2) is 0 Å². The summed E-state index contributed by atoms with van der Waals surface area (Å²) < 4.78 is 10.7. The van der Waals surface area contributed by atoms with Crippen molar-refractivity contribution in [3.8, 4) is 0 Å². The predicted molar refractivity (Wildman–Crippen MR) is 155 cm³/mol. The van der Waals surface area contributed by atoms with E-state index in [2.05, 4.69) is 65.4 Å². The monoisotopic (exact) mass is 489 g/mol. The maximum absolute atomic E-state index is 5.38. The minimum absolute atomic E-state index is 0.457. The fourth-order valence-electron chi connectivity index (χ4n) is 4.17. The number of likely N-dealkylation sites (tertiary alicyclic amines) is 1. The number of morpholine rings is 1. The van der Waals surface area contributed by atoms with E-state index in [4.69, 9.17) is 9.47 Å². The van der Waals surface area contributed by atoms with Gasteiger partial charge >= 0.3 is 0 Å². The molecule has 3 rings (SSSR count). The molecule has 3 saturated heterocycles. The van der Waals surface area contributed by atoms with Gasteiger partial charge in [0.2, 0.25) is 0 Å². The van der Waals surface area contributed by atoms with Crippen molar-refractivity contribution < 1.29 is 9.47 Å². The van der Waals surface area contributed by atoms with Gasteiger partial charge in [0.05, 0.1) is 19.3 Å². The third-order valence-electron chi connectivity index (χ3n) is 6.58. The van der Waals surface area contributed by atoms with Crippen LogP contribution in [-0.2, 0) is 9.47 Å². The summed E-state index contributed by atoms with van der Waals surface area (Å²) in [7, 11) is 4.41. The highest BCUT2D eigenvalue weighted by Crippen LogP contribution is 2.26. The second kappa shape index (κ2) is 24.5. The lowest BCUT2D eigenvalue weighted by Crippen LogP contribution is -2.33. The van der Waals surface area contributed by atoms with Crippen LogP contribution in [0.15, 0.2) is 0 Å². The molecule has 0 aliphatic carbocycles. The average Bonchev–Trinajstić information content (AvgIpc) is 3.46. The highest BCUT2D eigenvalue weighted by atomic mass is 16.5. The van der Waals surface area contributed by atoms with Gasteiger partial charge in [0, 0.05) is 25.2 Å². The standard InChI is InChI=1S/C11H25N.C7H14O.C6H11NO.3C2H6/c1-6-8-12(5)11(4)9-10(3)7-2;1-7(2)4-3-5-8-6-7;1-7-3-6-2-5(7)4-8-6;3*1-2/h10-11H,6-9H2,1-5H3;3-6H2,1-2H3;5-6H,2-4H2,1H3;3*1-2H3. The van der Waals surface area contributed by atoms with Gasteiger partial charge in [-0.3, -0.25) is 4.90 Å². The highest BCUT2D eigenvalue weighted by molar-refractivity contribution is 4.89. The Balaban J connectivity index is -0.000000387. The second-order valence-corrected chi connectivity index (χ2v) is 10.2. The molecule has 0 saturated carbocycles. The molecule has 3 aliphatic rings. The molecule has 4 heteroatoms. The van der Waals surface area contributed by atoms with Gasteiger partial charge in [-0.1, -0.05) is 82.6 Å². The SMILES string of the molecule is CC.CC.CC.CC1(C)CCCOC1.CCCN(C)C(C)CC(C)CC.CN1CC2CC1CO2. The van der Waals surface area contributed by atoms with Crippen molar-refractivity contribution in [3.63, 3.8) is 0 Å². The van der Waals surface area contributed by atoms with E-state index in [1.54, 1.807) is 0 Å². The maximum Gasteiger partial charge on any atom is 0.0718 e. The maximum atomic E-state index is 5.38. The Kier molecular flexibility index (Phi) is 27.7. The molecular weight excluding hydrogens is 420 g/mol. The molecule has 4 unspecified atom stereocenters. The van der Waals surface area contributed by atoms with Crippen LogP contribution in [0.1, 0.15) is 122 Å². The Bertz CT molecular complexity index is 393. The molecule has 4 atom stereocenters. The zero-order valence-corrected chi connectivity index (χ0v) is 26.3. The van der Waals surface area contributed by atoms with Crippen LogP contribution in [0.2, 0.25) is 0 Å². The second-order valence-electron chi connectivity index (χ2n) is 10.2. The van der Waals surface area contributed by atoms with Crippen molar-refractivity contribution >= 4 is 0 Å². The van der Waals surface area contributed by atoms with E-state index < -0.39 is 0 Å². The number of hydrogen-bond acceptors (Lipinski definition) is 4. The van der Waals surface area contributed by atoms with Crippen molar-refractivity contribution in [2.24, 2.45) is 11.3 Å². The summed E-state index contributed by atoms with van der Waals surface area (Å²) >= 11 is 0. The van der Waals surface area contributed by atoms with Crippen LogP contribution in [-0.4, -0.2) is 75.0 Å². The van der Waals surface area contributed by atoms with E-state index in [1.807, 2.05) is 41.5 Å². The van der Waals surface area contributed by atoms with Crippen LogP contribution in [0.3, 0.4) is 0 Å². The molecule has 0 spiro atoms. The number of nitrogens with zero attached hydrogens (tertiary/aromatic N) is 2. The van der Waals surface area contributed by atoms with Gasteiger partial charge in [0.15, 0.2) is 0 Å². The Labute approximate surface area is 217 Å². The van der Waals surface area contributed by atoms with Crippen molar-refractivity contribution in [1.82, 2.24) is 9.80 Å². The van der Waals surface area contributed by atoms with Crippen LogP contribution >= 0.6 is 0 Å². The highest BCUT2D eigenvalue weighted by Gasteiger charge is 2.36. The summed E-state index contributed by atoms with van der Waals surface area (Å²) in [5.41, 5.74) is 0.457. The normalized spacial score (nSPS) is 23.7. The van der Waals surface area contributed by atoms with E-state index >= 15 is 0 Å². The van der Waals surface area contributed by atoms with Gasteiger partial charge in [-0.15, -0.1) is 0 Å². The summed E-state index contributed by atoms with van der Waals surface area (Å²) in [6, 6.07) is 1.50. The Morgan fingerprint density at radius 2 is 1.62 bits per heavy atom. The lowest BCUT2D eigenvalue weighted by atomic mass is 9.87. The molecular formula is C30H68N2O2. The molecule has 34 heavy (non-hydrogen) atoms. The Morgan fingerprint density at radius 3 is 1.88 bits per heavy atom. The molecule has 0 N–H and O–H groups in total. The lowest BCUT2D eigenvalue weighted by Gasteiger charge is -2.28. The topological polar surface area (TPSA) is 24.9 Å². The molecule has 3 aliphatic heterocycles. The zero-order valence-electron chi connectivity index (χ0n) is 26.3. The van der Waals surface area contributed by atoms with Crippen molar-refractivity contribution in [2.45, 2.75) is 140 Å². The summed E-state index contributed by atoms with van der Waals surface area (Å²) in [5.74, 6) is 0.874. The molecule has 3 heterocycles. The van der Waals surface area contributed by atoms with Gasteiger partial charge in [-0.05, 0) is 71.0 Å². The molecule has 210 valence electrons. The molecule has 2 bridgehead atoms. The minimum atomic E-state index is 0.457. The molecule has 0 radical (unpaired) electrons. The van der Waals surface area contributed by atoms with Gasteiger partial charge in [0.25, 0.3) is 0 Å². The smallest absolute Gasteiger partial charge is 0.0718 e. The zero-order chi connectivity index (χ0) is 27.2. The van der Waals surface area contributed by atoms with Gasteiger partial charge in [0.1, 0.15) is 0 Å². The van der Waals surface area contributed by atoms with E-state index in [9.17, 15) is 0 Å². The summed E-state index contributed by atoms with van der Waals surface area (Å²) in [4.78, 5) is 4.85. The lowest BCUT2D eigenvalue weighted by molar-refractivity contribution is 0.0127. The first-order valence-electron chi connectivity index (χ1n) is 14.8. The number of fused-ring (bicyclic) bond motifs is 2. The first-order valence-corrected chi connectivity index (χ1v) is 14.8. The minimum Gasteiger partial charge on any atom is -0.381 e. The van der Waals surface area contributed by atoms with E-state index in [0.29, 0.717) is 11.5 Å². The third kappa shape index (κ3) is 19.1. The van der Waals surface area contributed by atoms with Crippen LogP contribution in [0, 0.1) is 11.3 Å².